The van der Waals surface area contributed by atoms with Crippen LogP contribution < -0.4 is 0 Å². The van der Waals surface area contributed by atoms with Crippen LogP contribution in [0, 0.1) is 0 Å². The van der Waals surface area contributed by atoms with E-state index in [1.807, 2.05) is 0 Å². The number of carbonyl (C=O) groups is 2. The lowest BCUT2D eigenvalue weighted by atomic mass is 10.3. The highest BCUT2D eigenvalue weighted by atomic mass is 16.6. The fourth-order valence-corrected chi connectivity index (χ4v) is 0.394. The molecule has 0 bridgehead atoms. The summed E-state index contributed by atoms with van der Waals surface area (Å²) in [4.78, 5) is 20.3. The minimum Gasteiger partial charge on any atom is -0.478 e. The molecule has 17 heavy (non-hydrogen) atoms. The van der Waals surface area contributed by atoms with Gasteiger partial charge in [0.2, 0.25) is 6.29 Å². The lowest BCUT2D eigenvalue weighted by Crippen LogP contribution is -2.18. The maximum absolute atomic E-state index is 10.7. The number of aliphatic hydroxyl groups excluding tert-OH is 2. The Kier molecular flexibility index (Phi) is 9.97. The zero-order valence-corrected chi connectivity index (χ0v) is 9.97. The number of carboxylic acid groups (broad SMARTS) is 1. The molecule has 0 aromatic rings. The van der Waals surface area contributed by atoms with Crippen molar-refractivity contribution in [3.8, 4) is 0 Å². The molecule has 0 saturated carbocycles. The molecule has 0 spiro atoms. The third-order valence-electron chi connectivity index (χ3n) is 1.33. The number of hydrogen-bond donors (Lipinski definition) is 3. The SMILES string of the molecule is C=C(C)C(=O)O.C=C(C)C(=O)OC(O)CCO. The molecule has 0 heterocycles. The van der Waals surface area contributed by atoms with E-state index in [1.165, 1.54) is 13.8 Å². The monoisotopic (exact) mass is 246 g/mol. The number of esters is 1. The average Bonchev–Trinajstić information content (AvgIpc) is 2.18. The number of hydrogen-bond acceptors (Lipinski definition) is 5. The van der Waals surface area contributed by atoms with Crippen LogP contribution in [-0.4, -0.2) is 40.2 Å². The van der Waals surface area contributed by atoms with Gasteiger partial charge in [-0.15, -0.1) is 0 Å². The van der Waals surface area contributed by atoms with Crippen molar-refractivity contribution in [1.82, 2.24) is 0 Å². The molecule has 0 fully saturated rings. The van der Waals surface area contributed by atoms with Gasteiger partial charge in [-0.3, -0.25) is 0 Å². The number of aliphatic hydroxyl groups is 2. The van der Waals surface area contributed by atoms with Gasteiger partial charge in [0.25, 0.3) is 0 Å². The molecule has 98 valence electrons. The van der Waals surface area contributed by atoms with Crippen LogP contribution in [0.3, 0.4) is 0 Å². The molecule has 0 radical (unpaired) electrons. The fraction of sp³-hybridized carbons (Fsp3) is 0.455. The molecule has 0 aromatic heterocycles. The van der Waals surface area contributed by atoms with E-state index in [4.69, 9.17) is 15.3 Å². The van der Waals surface area contributed by atoms with Gasteiger partial charge in [-0.05, 0) is 13.8 Å². The van der Waals surface area contributed by atoms with E-state index in [9.17, 15) is 9.59 Å². The van der Waals surface area contributed by atoms with Gasteiger partial charge in [0.1, 0.15) is 0 Å². The Morgan fingerprint density at radius 2 is 1.65 bits per heavy atom. The van der Waals surface area contributed by atoms with Gasteiger partial charge in [0.15, 0.2) is 0 Å². The van der Waals surface area contributed by atoms with Crippen molar-refractivity contribution in [1.29, 1.82) is 0 Å². The molecule has 0 saturated heterocycles. The first-order chi connectivity index (χ1) is 7.72. The molecule has 6 nitrogen and oxygen atoms in total. The number of rotatable bonds is 5. The maximum Gasteiger partial charge on any atom is 0.335 e. The molecule has 0 aliphatic rings. The average molecular weight is 246 g/mol. The van der Waals surface area contributed by atoms with Crippen molar-refractivity contribution >= 4 is 11.9 Å². The summed E-state index contributed by atoms with van der Waals surface area (Å²) < 4.78 is 4.41. The molecule has 3 N–H and O–H groups in total. The van der Waals surface area contributed by atoms with Crippen molar-refractivity contribution < 1.29 is 29.6 Å². The second kappa shape index (κ2) is 9.56. The zero-order chi connectivity index (χ0) is 14.0. The Morgan fingerprint density at radius 3 is 1.88 bits per heavy atom. The normalized spacial score (nSPS) is 10.6. The van der Waals surface area contributed by atoms with Crippen molar-refractivity contribution in [2.24, 2.45) is 0 Å². The minimum absolute atomic E-state index is 0.0268. The van der Waals surface area contributed by atoms with E-state index in [1.54, 1.807) is 0 Å². The standard InChI is InChI=1S/C7H12O4.C4H6O2/c1-5(2)7(10)11-6(9)3-4-8;1-3(2)4(5)6/h6,8-9H,1,3-4H2,2H3;1H2,2H3,(H,5,6). The predicted molar refractivity (Wildman–Crippen MR) is 61.1 cm³/mol. The molecule has 0 aliphatic heterocycles. The van der Waals surface area contributed by atoms with Crippen LogP contribution in [0.5, 0.6) is 0 Å². The Bertz CT molecular complexity index is 282. The Morgan fingerprint density at radius 1 is 1.24 bits per heavy atom. The Hall–Kier alpha value is -1.66. The van der Waals surface area contributed by atoms with Crippen molar-refractivity contribution in [3.05, 3.63) is 24.3 Å². The molecule has 0 rings (SSSR count). The van der Waals surface area contributed by atoms with Crippen molar-refractivity contribution in [3.63, 3.8) is 0 Å². The summed E-state index contributed by atoms with van der Waals surface area (Å²) in [5, 5.41) is 25.0. The van der Waals surface area contributed by atoms with E-state index in [0.717, 1.165) is 0 Å². The van der Waals surface area contributed by atoms with Gasteiger partial charge in [0.05, 0.1) is 0 Å². The predicted octanol–water partition coefficient (Wildman–Crippen LogP) is 0.454. The number of ether oxygens (including phenoxy) is 1. The third-order valence-corrected chi connectivity index (χ3v) is 1.33. The van der Waals surface area contributed by atoms with E-state index < -0.39 is 18.2 Å². The Balaban J connectivity index is 0. The van der Waals surface area contributed by atoms with Gasteiger partial charge < -0.3 is 20.1 Å². The summed E-state index contributed by atoms with van der Waals surface area (Å²) in [6.45, 7) is 9.18. The molecule has 1 atom stereocenters. The molecule has 1 unspecified atom stereocenters. The Labute approximate surface area is 99.8 Å². The van der Waals surface area contributed by atoms with Gasteiger partial charge in [-0.1, -0.05) is 13.2 Å². The van der Waals surface area contributed by atoms with Crippen molar-refractivity contribution in [2.45, 2.75) is 26.6 Å². The molecule has 0 aliphatic carbocycles. The summed E-state index contributed by atoms with van der Waals surface area (Å²) in [6, 6.07) is 0. The first kappa shape index (κ1) is 17.7. The number of carbonyl (C=O) groups excluding carboxylic acids is 1. The maximum atomic E-state index is 10.7. The van der Waals surface area contributed by atoms with E-state index in [2.05, 4.69) is 17.9 Å². The van der Waals surface area contributed by atoms with Crippen LogP contribution >= 0.6 is 0 Å². The van der Waals surface area contributed by atoms with E-state index in [0.29, 0.717) is 0 Å². The molecule has 0 amide bonds. The third kappa shape index (κ3) is 12.3. The minimum atomic E-state index is -1.23. The molecular weight excluding hydrogens is 228 g/mol. The topological polar surface area (TPSA) is 104 Å². The van der Waals surface area contributed by atoms with Crippen LogP contribution in [0.2, 0.25) is 0 Å². The highest BCUT2D eigenvalue weighted by Gasteiger charge is 2.09. The zero-order valence-electron chi connectivity index (χ0n) is 9.97. The lowest BCUT2D eigenvalue weighted by Gasteiger charge is -2.09. The van der Waals surface area contributed by atoms with Crippen LogP contribution in [-0.2, 0) is 14.3 Å². The number of carboxylic acids is 1. The first-order valence-corrected chi connectivity index (χ1v) is 4.76. The van der Waals surface area contributed by atoms with E-state index in [-0.39, 0.29) is 24.2 Å². The summed E-state index contributed by atoms with van der Waals surface area (Å²) in [5.41, 5.74) is 0.400. The quantitative estimate of drug-likeness (QED) is 0.369. The highest BCUT2D eigenvalue weighted by molar-refractivity contribution is 5.87. The lowest BCUT2D eigenvalue weighted by molar-refractivity contribution is -0.164. The summed E-state index contributed by atoms with van der Waals surface area (Å²) in [6.07, 6.45) is -1.21. The van der Waals surface area contributed by atoms with Gasteiger partial charge in [-0.25, -0.2) is 9.59 Å². The largest absolute Gasteiger partial charge is 0.478 e. The first-order valence-electron chi connectivity index (χ1n) is 4.76. The summed E-state index contributed by atoms with van der Waals surface area (Å²) in [5.74, 6) is -1.58. The van der Waals surface area contributed by atoms with Crippen LogP contribution in [0.25, 0.3) is 0 Å². The van der Waals surface area contributed by atoms with Crippen LogP contribution in [0.15, 0.2) is 24.3 Å². The van der Waals surface area contributed by atoms with Gasteiger partial charge in [-0.2, -0.15) is 0 Å². The highest BCUT2D eigenvalue weighted by Crippen LogP contribution is 1.98. The molecular formula is C11H18O6. The molecule has 6 heteroatoms. The van der Waals surface area contributed by atoms with Gasteiger partial charge >= 0.3 is 11.9 Å². The second-order valence-corrected chi connectivity index (χ2v) is 3.24. The van der Waals surface area contributed by atoms with Crippen LogP contribution in [0.1, 0.15) is 20.3 Å². The smallest absolute Gasteiger partial charge is 0.335 e. The summed E-state index contributed by atoms with van der Waals surface area (Å²) in [7, 11) is 0. The van der Waals surface area contributed by atoms with Crippen LogP contribution in [0.4, 0.5) is 0 Å². The second-order valence-electron chi connectivity index (χ2n) is 3.24. The molecule has 0 aromatic carbocycles. The fourth-order valence-electron chi connectivity index (χ4n) is 0.394. The van der Waals surface area contributed by atoms with Crippen molar-refractivity contribution in [2.75, 3.05) is 6.61 Å². The summed E-state index contributed by atoms with van der Waals surface area (Å²) >= 11 is 0. The number of aliphatic carboxylic acids is 1. The van der Waals surface area contributed by atoms with E-state index >= 15 is 0 Å². The van der Waals surface area contributed by atoms with Gasteiger partial charge in [0, 0.05) is 24.2 Å².